The smallest absolute Gasteiger partial charge is 0.752 e. The summed E-state index contributed by atoms with van der Waals surface area (Å²) in [6.07, 6.45) is 3.31. The molecule has 1 heterocycles. The summed E-state index contributed by atoms with van der Waals surface area (Å²) in [5.41, 5.74) is 0.995. The van der Waals surface area contributed by atoms with Crippen LogP contribution in [-0.2, 0) is 18.4 Å². The van der Waals surface area contributed by atoms with Crippen molar-refractivity contribution in [3.05, 3.63) is 29.0 Å². The summed E-state index contributed by atoms with van der Waals surface area (Å²) in [5, 5.41) is 8.68. The fourth-order valence-electron chi connectivity index (χ4n) is 0.710. The molecule has 0 aliphatic rings. The van der Waals surface area contributed by atoms with Crippen molar-refractivity contribution >= 4 is 40.4 Å². The molecule has 7 heteroatoms. The van der Waals surface area contributed by atoms with Crippen LogP contribution in [0.1, 0.15) is 5.56 Å². The molecule has 0 spiro atoms. The number of nitrogens with zero attached hydrogens (tertiary/aromatic N) is 3. The van der Waals surface area contributed by atoms with Crippen LogP contribution in [0, 0.1) is 11.5 Å². The van der Waals surface area contributed by atoms with Crippen LogP contribution in [0.25, 0.3) is 0 Å². The summed E-state index contributed by atoms with van der Waals surface area (Å²) in [7, 11) is 0. The van der Waals surface area contributed by atoms with Crippen molar-refractivity contribution in [3.63, 3.8) is 0 Å². The maximum absolute atomic E-state index is 8.22. The standard InChI is InChI=1S/C8H6ClN3S2.K/c9-7-2-1-6(3-11-7)4-14-8(13)12-5-10;/h1-3H,4H2,(H,12,13);/q;+1/p-1. The van der Waals surface area contributed by atoms with Gasteiger partial charge in [-0.2, -0.15) is 10.3 Å². The Kier molecular flexibility index (Phi) is 9.38. The number of aliphatic imine (C=N–C) groups is 1. The third-order valence-corrected chi connectivity index (χ3v) is 2.78. The Morgan fingerprint density at radius 2 is 2.40 bits per heavy atom. The molecule has 72 valence electrons. The molecule has 0 atom stereocenters. The maximum atomic E-state index is 8.22. The minimum Gasteiger partial charge on any atom is -0.752 e. The molecule has 15 heavy (non-hydrogen) atoms. The van der Waals surface area contributed by atoms with Crippen molar-refractivity contribution in [2.24, 2.45) is 4.99 Å². The van der Waals surface area contributed by atoms with E-state index >= 15 is 0 Å². The molecular weight excluding hydrogens is 277 g/mol. The van der Waals surface area contributed by atoms with Gasteiger partial charge in [-0.25, -0.2) is 4.98 Å². The molecule has 3 nitrogen and oxygen atoms in total. The number of thioether (sulfide) groups is 1. The van der Waals surface area contributed by atoms with Gasteiger partial charge in [-0.1, -0.05) is 17.7 Å². The number of pyridine rings is 1. The van der Waals surface area contributed by atoms with Gasteiger partial charge < -0.3 is 12.6 Å². The van der Waals surface area contributed by atoms with Gasteiger partial charge in [0.25, 0.3) is 0 Å². The number of aromatic nitrogens is 1. The molecule has 0 bridgehead atoms. The van der Waals surface area contributed by atoms with E-state index in [1.165, 1.54) is 11.8 Å². The Morgan fingerprint density at radius 1 is 1.67 bits per heavy atom. The zero-order valence-corrected chi connectivity index (χ0v) is 13.5. The SMILES string of the molecule is N#CN=C([S-])SCc1ccc(Cl)nc1.[K+]. The fraction of sp³-hybridized carbons (Fsp3) is 0.125. The average molecular weight is 282 g/mol. The van der Waals surface area contributed by atoms with Crippen molar-refractivity contribution in [3.8, 4) is 6.19 Å². The average Bonchev–Trinajstić information content (AvgIpc) is 2.17. The van der Waals surface area contributed by atoms with E-state index in [-0.39, 0.29) is 51.4 Å². The molecule has 0 N–H and O–H groups in total. The topological polar surface area (TPSA) is 49.0 Å². The van der Waals surface area contributed by atoms with E-state index in [0.717, 1.165) is 5.56 Å². The second kappa shape index (κ2) is 8.90. The van der Waals surface area contributed by atoms with E-state index in [9.17, 15) is 0 Å². The molecule has 0 aromatic carbocycles. The fourth-order valence-corrected chi connectivity index (χ4v) is 1.61. The van der Waals surface area contributed by atoms with E-state index in [1.807, 2.05) is 6.07 Å². The first-order chi connectivity index (χ1) is 6.72. The molecule has 0 radical (unpaired) electrons. The number of nitriles is 1. The van der Waals surface area contributed by atoms with Crippen molar-refractivity contribution < 1.29 is 51.4 Å². The van der Waals surface area contributed by atoms with Crippen LogP contribution in [0.2, 0.25) is 5.15 Å². The Labute approximate surface area is 146 Å². The minimum absolute atomic E-state index is 0. The normalized spacial score (nSPS) is 10.3. The molecule has 0 saturated heterocycles. The third-order valence-electron chi connectivity index (χ3n) is 1.29. The van der Waals surface area contributed by atoms with Crippen LogP contribution in [0.5, 0.6) is 0 Å². The van der Waals surface area contributed by atoms with Gasteiger partial charge in [-0.3, -0.25) is 0 Å². The van der Waals surface area contributed by atoms with Crippen LogP contribution >= 0.6 is 23.4 Å². The number of halogens is 1. The summed E-state index contributed by atoms with van der Waals surface area (Å²) in [6, 6.07) is 3.57. The van der Waals surface area contributed by atoms with E-state index in [2.05, 4.69) is 9.98 Å². The predicted molar refractivity (Wildman–Crippen MR) is 61.0 cm³/mol. The number of hydrogen-bond acceptors (Lipinski definition) is 5. The second-order valence-corrected chi connectivity index (χ2v) is 4.25. The van der Waals surface area contributed by atoms with Gasteiger partial charge in [0.2, 0.25) is 6.19 Å². The molecular formula is C8H5ClKN3S2. The zero-order chi connectivity index (χ0) is 10.4. The Hall–Kier alpha value is 0.806. The van der Waals surface area contributed by atoms with Crippen LogP contribution in [-0.4, -0.2) is 9.36 Å². The van der Waals surface area contributed by atoms with Gasteiger partial charge in [0.1, 0.15) is 5.15 Å². The molecule has 1 aromatic rings. The third kappa shape index (κ3) is 6.87. The molecule has 0 unspecified atom stereocenters. The molecule has 0 aliphatic heterocycles. The van der Waals surface area contributed by atoms with Gasteiger partial charge >= 0.3 is 51.4 Å². The predicted octanol–water partition coefficient (Wildman–Crippen LogP) is -0.644. The van der Waals surface area contributed by atoms with Gasteiger partial charge in [0.05, 0.1) is 0 Å². The molecule has 1 aromatic heterocycles. The van der Waals surface area contributed by atoms with Gasteiger partial charge in [0.15, 0.2) is 0 Å². The van der Waals surface area contributed by atoms with E-state index in [1.54, 1.807) is 18.5 Å². The minimum atomic E-state index is 0. The van der Waals surface area contributed by atoms with Crippen LogP contribution in [0.4, 0.5) is 0 Å². The first-order valence-electron chi connectivity index (χ1n) is 3.59. The molecule has 0 amide bonds. The van der Waals surface area contributed by atoms with Gasteiger partial charge in [-0.15, -0.1) is 11.8 Å². The van der Waals surface area contributed by atoms with Crippen molar-refractivity contribution in [2.45, 2.75) is 5.75 Å². The molecule has 0 saturated carbocycles. The number of rotatable bonds is 2. The zero-order valence-electron chi connectivity index (χ0n) is 7.98. The van der Waals surface area contributed by atoms with Crippen LogP contribution in [0.3, 0.4) is 0 Å². The first-order valence-corrected chi connectivity index (χ1v) is 5.36. The summed E-state index contributed by atoms with van der Waals surface area (Å²) < 4.78 is 0.336. The first kappa shape index (κ1) is 15.8. The van der Waals surface area contributed by atoms with Crippen LogP contribution in [0.15, 0.2) is 23.3 Å². The maximum Gasteiger partial charge on any atom is 1.00 e. The van der Waals surface area contributed by atoms with Crippen molar-refractivity contribution in [1.29, 1.82) is 5.26 Å². The quantitative estimate of drug-likeness (QED) is 0.181. The Bertz CT molecular complexity index is 374. The second-order valence-electron chi connectivity index (χ2n) is 2.26. The molecule has 0 fully saturated rings. The van der Waals surface area contributed by atoms with E-state index < -0.39 is 0 Å². The number of hydrogen-bond donors (Lipinski definition) is 0. The van der Waals surface area contributed by atoms with Crippen molar-refractivity contribution in [1.82, 2.24) is 4.98 Å². The van der Waals surface area contributed by atoms with E-state index in [4.69, 9.17) is 29.5 Å². The van der Waals surface area contributed by atoms with Gasteiger partial charge in [0, 0.05) is 11.9 Å². The Balaban J connectivity index is 0.00000196. The van der Waals surface area contributed by atoms with Gasteiger partial charge in [-0.05, 0) is 16.0 Å². The molecule has 0 aliphatic carbocycles. The molecule has 1 rings (SSSR count). The summed E-state index contributed by atoms with van der Waals surface area (Å²) in [4.78, 5) is 7.33. The Morgan fingerprint density at radius 3 is 2.93 bits per heavy atom. The van der Waals surface area contributed by atoms with E-state index in [0.29, 0.717) is 15.3 Å². The summed E-state index contributed by atoms with van der Waals surface area (Å²) in [6.45, 7) is 0. The summed E-state index contributed by atoms with van der Waals surface area (Å²) >= 11 is 11.7. The summed E-state index contributed by atoms with van der Waals surface area (Å²) in [5.74, 6) is 0.647. The van der Waals surface area contributed by atoms with Crippen molar-refractivity contribution in [2.75, 3.05) is 0 Å². The van der Waals surface area contributed by atoms with Crippen LogP contribution < -0.4 is 51.4 Å². The largest absolute Gasteiger partial charge is 1.00 e. The monoisotopic (exact) mass is 281 g/mol.